The van der Waals surface area contributed by atoms with Crippen molar-refractivity contribution in [2.24, 2.45) is 28.6 Å². The number of aliphatic hydroxyl groups is 3. The Balaban J connectivity index is 1.50. The van der Waals surface area contributed by atoms with Crippen LogP contribution in [0.25, 0.3) is 0 Å². The van der Waals surface area contributed by atoms with Crippen LogP contribution in [-0.4, -0.2) is 45.2 Å². The van der Waals surface area contributed by atoms with E-state index in [9.17, 15) is 24.9 Å². The number of benzene rings is 1. The maximum atomic E-state index is 13.4. The molecule has 0 amide bonds. The Morgan fingerprint density at radius 3 is 2.61 bits per heavy atom. The van der Waals surface area contributed by atoms with Gasteiger partial charge in [0, 0.05) is 27.6 Å². The molecule has 7 heteroatoms. The minimum atomic E-state index is -1.40. The molecule has 0 saturated heterocycles. The van der Waals surface area contributed by atoms with E-state index >= 15 is 0 Å². The summed E-state index contributed by atoms with van der Waals surface area (Å²) in [7, 11) is 0. The van der Waals surface area contributed by atoms with Crippen molar-refractivity contribution in [3.8, 4) is 0 Å². The fourth-order valence-corrected chi connectivity index (χ4v) is 8.56. The second-order valence-corrected chi connectivity index (χ2v) is 12.1. The number of carbonyl (C=O) groups excluding carboxylic acids is 2. The van der Waals surface area contributed by atoms with Crippen molar-refractivity contribution < 1.29 is 29.6 Å². The van der Waals surface area contributed by atoms with Gasteiger partial charge in [-0.15, -0.1) is 0 Å². The minimum Gasteiger partial charge on any atom is -0.393 e. The summed E-state index contributed by atoms with van der Waals surface area (Å²) in [5.74, 6) is -0.308. The first-order valence-corrected chi connectivity index (χ1v) is 14.0. The normalized spacial score (nSPS) is 40.2. The summed E-state index contributed by atoms with van der Waals surface area (Å²) in [6, 6.07) is 7.35. The molecule has 4 aliphatic carbocycles. The standard InChI is InChI=1S/C29H35BrO6/c1-27-11-9-20(32)13-19(27)7-8-21-22-10-12-29(24(34)16-31,28(22,2)14-23(33)25(21)27)36-26(35)18-5-3-17(15-30)4-6-18/h3-6,9,11,13,21-23,25-26,31,33,35H,7-8,10,12,14-16H2,1-2H3/t21-,22?,23-,25?,26+,27-,28-,29-/m0/s1. The Kier molecular flexibility index (Phi) is 6.70. The summed E-state index contributed by atoms with van der Waals surface area (Å²) in [5, 5.41) is 33.4. The molecule has 0 spiro atoms. The summed E-state index contributed by atoms with van der Waals surface area (Å²) in [5.41, 5.74) is 0.119. The van der Waals surface area contributed by atoms with E-state index < -0.39 is 41.2 Å². The first-order valence-electron chi connectivity index (χ1n) is 12.9. The highest BCUT2D eigenvalue weighted by atomic mass is 79.9. The molecule has 194 valence electrons. The third kappa shape index (κ3) is 3.73. The number of hydrogen-bond donors (Lipinski definition) is 3. The summed E-state index contributed by atoms with van der Waals surface area (Å²) < 4.78 is 6.31. The van der Waals surface area contributed by atoms with Crippen molar-refractivity contribution in [2.45, 2.75) is 69.3 Å². The topological polar surface area (TPSA) is 104 Å². The third-order valence-electron chi connectivity index (χ3n) is 9.94. The van der Waals surface area contributed by atoms with Gasteiger partial charge >= 0.3 is 0 Å². The van der Waals surface area contributed by atoms with Crippen LogP contribution in [0, 0.1) is 28.6 Å². The van der Waals surface area contributed by atoms with Gasteiger partial charge in [-0.05, 0) is 61.7 Å². The minimum absolute atomic E-state index is 0.00366. The van der Waals surface area contributed by atoms with E-state index in [0.717, 1.165) is 24.0 Å². The molecule has 3 saturated carbocycles. The lowest BCUT2D eigenvalue weighted by atomic mass is 9.46. The summed E-state index contributed by atoms with van der Waals surface area (Å²) in [4.78, 5) is 25.5. The monoisotopic (exact) mass is 558 g/mol. The van der Waals surface area contributed by atoms with Crippen LogP contribution in [0.1, 0.15) is 63.4 Å². The largest absolute Gasteiger partial charge is 0.393 e. The van der Waals surface area contributed by atoms with Crippen molar-refractivity contribution in [3.63, 3.8) is 0 Å². The summed E-state index contributed by atoms with van der Waals surface area (Å²) in [6.45, 7) is 3.42. The van der Waals surface area contributed by atoms with Crippen LogP contribution in [-0.2, 0) is 19.7 Å². The second-order valence-electron chi connectivity index (χ2n) is 11.5. The molecule has 2 unspecified atom stereocenters. The SMILES string of the molecule is C[C@]12C=CC(=O)C=C1CC[C@@H]1C2[C@@H](O)C[C@@]2(C)C1CC[C@]2(O[C@@H](O)c1ccc(CBr)cc1)C(=O)CO. The predicted molar refractivity (Wildman–Crippen MR) is 138 cm³/mol. The highest BCUT2D eigenvalue weighted by molar-refractivity contribution is 9.08. The number of Topliss-reactive ketones (excluding diaryl/α,β-unsaturated/α-hetero) is 1. The number of aliphatic hydroxyl groups excluding tert-OH is 3. The van der Waals surface area contributed by atoms with Crippen LogP contribution < -0.4 is 0 Å². The fraction of sp³-hybridized carbons (Fsp3) is 0.586. The average Bonchev–Trinajstić information content (AvgIpc) is 3.15. The summed E-state index contributed by atoms with van der Waals surface area (Å²) >= 11 is 3.42. The summed E-state index contributed by atoms with van der Waals surface area (Å²) in [6.07, 6.45) is 6.27. The van der Waals surface area contributed by atoms with E-state index in [1.54, 1.807) is 24.3 Å². The van der Waals surface area contributed by atoms with Crippen LogP contribution in [0.5, 0.6) is 0 Å². The number of halogens is 1. The predicted octanol–water partition coefficient (Wildman–Crippen LogP) is 4.17. The van der Waals surface area contributed by atoms with Crippen molar-refractivity contribution in [3.05, 3.63) is 59.2 Å². The van der Waals surface area contributed by atoms with Crippen LogP contribution in [0.4, 0.5) is 0 Å². The van der Waals surface area contributed by atoms with Crippen LogP contribution >= 0.6 is 15.9 Å². The number of carbonyl (C=O) groups is 2. The molecular weight excluding hydrogens is 524 g/mol. The van der Waals surface area contributed by atoms with Crippen molar-refractivity contribution >= 4 is 27.5 Å². The molecule has 3 N–H and O–H groups in total. The zero-order valence-electron chi connectivity index (χ0n) is 20.8. The van der Waals surface area contributed by atoms with Gasteiger partial charge in [-0.1, -0.05) is 65.7 Å². The van der Waals surface area contributed by atoms with Gasteiger partial charge in [-0.2, -0.15) is 0 Å². The highest BCUT2D eigenvalue weighted by Crippen LogP contribution is 2.68. The lowest BCUT2D eigenvalue weighted by molar-refractivity contribution is -0.243. The van der Waals surface area contributed by atoms with Gasteiger partial charge in [0.15, 0.2) is 17.9 Å². The maximum absolute atomic E-state index is 13.4. The van der Waals surface area contributed by atoms with E-state index in [0.29, 0.717) is 30.2 Å². The van der Waals surface area contributed by atoms with Crippen LogP contribution in [0.2, 0.25) is 0 Å². The number of alkyl halides is 1. The van der Waals surface area contributed by atoms with Gasteiger partial charge in [0.2, 0.25) is 0 Å². The average molecular weight is 559 g/mol. The smallest absolute Gasteiger partial charge is 0.190 e. The van der Waals surface area contributed by atoms with Crippen LogP contribution in [0.15, 0.2) is 48.1 Å². The van der Waals surface area contributed by atoms with Crippen molar-refractivity contribution in [1.29, 1.82) is 0 Å². The van der Waals surface area contributed by atoms with Crippen LogP contribution in [0.3, 0.4) is 0 Å². The van der Waals surface area contributed by atoms with E-state index in [4.69, 9.17) is 4.74 Å². The Morgan fingerprint density at radius 1 is 1.22 bits per heavy atom. The third-order valence-corrected chi connectivity index (χ3v) is 10.6. The van der Waals surface area contributed by atoms with Crippen molar-refractivity contribution in [2.75, 3.05) is 6.61 Å². The Morgan fingerprint density at radius 2 is 1.94 bits per heavy atom. The van der Waals surface area contributed by atoms with Gasteiger partial charge in [0.25, 0.3) is 0 Å². The molecule has 0 aliphatic heterocycles. The number of ketones is 2. The van der Waals surface area contributed by atoms with E-state index in [1.165, 1.54) is 0 Å². The molecule has 36 heavy (non-hydrogen) atoms. The number of rotatable bonds is 6. The van der Waals surface area contributed by atoms with Gasteiger partial charge in [-0.3, -0.25) is 9.59 Å². The van der Waals surface area contributed by atoms with Gasteiger partial charge in [0.1, 0.15) is 12.2 Å². The van der Waals surface area contributed by atoms with E-state index in [1.807, 2.05) is 25.1 Å². The molecule has 0 heterocycles. The molecule has 1 aromatic rings. The number of hydrogen-bond acceptors (Lipinski definition) is 6. The lowest BCUT2D eigenvalue weighted by Crippen LogP contribution is -2.62. The van der Waals surface area contributed by atoms with Gasteiger partial charge < -0.3 is 20.1 Å². The second kappa shape index (κ2) is 9.28. The van der Waals surface area contributed by atoms with Gasteiger partial charge in [-0.25, -0.2) is 0 Å². The van der Waals surface area contributed by atoms with Gasteiger partial charge in [0.05, 0.1) is 6.10 Å². The Hall–Kier alpha value is -1.64. The van der Waals surface area contributed by atoms with E-state index in [2.05, 4.69) is 22.9 Å². The zero-order chi connectivity index (χ0) is 25.9. The highest BCUT2D eigenvalue weighted by Gasteiger charge is 2.69. The van der Waals surface area contributed by atoms with E-state index in [-0.39, 0.29) is 23.5 Å². The maximum Gasteiger partial charge on any atom is 0.190 e. The molecule has 4 aliphatic rings. The molecule has 8 atom stereocenters. The Labute approximate surface area is 220 Å². The first-order chi connectivity index (χ1) is 17.1. The molecule has 6 nitrogen and oxygen atoms in total. The fourth-order valence-electron chi connectivity index (χ4n) is 8.19. The molecular formula is C29H35BrO6. The number of ether oxygens (including phenoxy) is 1. The van der Waals surface area contributed by atoms with Crippen molar-refractivity contribution in [1.82, 2.24) is 0 Å². The molecule has 5 rings (SSSR count). The molecule has 0 radical (unpaired) electrons. The quantitative estimate of drug-likeness (QED) is 0.357. The first kappa shape index (κ1) is 26.0. The molecule has 3 fully saturated rings. The lowest BCUT2D eigenvalue weighted by Gasteiger charge is -2.60. The Bertz CT molecular complexity index is 1110. The zero-order valence-corrected chi connectivity index (χ0v) is 22.4. The number of fused-ring (bicyclic) bond motifs is 5. The molecule has 0 bridgehead atoms. The molecule has 1 aromatic carbocycles. The number of allylic oxidation sites excluding steroid dienone is 4. The molecule has 0 aromatic heterocycles.